The third kappa shape index (κ3) is 6.51. The predicted octanol–water partition coefficient (Wildman–Crippen LogP) is 3.21. The van der Waals surface area contributed by atoms with Crippen LogP contribution < -0.4 is 15.4 Å². The van der Waals surface area contributed by atoms with Gasteiger partial charge in [0.05, 0.1) is 13.2 Å². The van der Waals surface area contributed by atoms with E-state index in [0.717, 1.165) is 69.3 Å². The molecule has 156 valence electrons. The molecular formula is C22H35IN4O. The van der Waals surface area contributed by atoms with Gasteiger partial charge in [-0.1, -0.05) is 12.1 Å². The minimum atomic E-state index is 0. The summed E-state index contributed by atoms with van der Waals surface area (Å²) < 4.78 is 5.59. The van der Waals surface area contributed by atoms with E-state index in [0.29, 0.717) is 0 Å². The lowest BCUT2D eigenvalue weighted by Gasteiger charge is -2.21. The molecule has 6 heteroatoms. The Kier molecular flexibility index (Phi) is 8.26. The molecule has 1 heterocycles. The number of aliphatic imine (C=N–C) groups is 1. The lowest BCUT2D eigenvalue weighted by atomic mass is 10.1. The van der Waals surface area contributed by atoms with Crippen molar-refractivity contribution in [2.75, 3.05) is 39.3 Å². The van der Waals surface area contributed by atoms with Crippen LogP contribution in [0.15, 0.2) is 23.2 Å². The lowest BCUT2D eigenvalue weighted by molar-refractivity contribution is 0.260. The van der Waals surface area contributed by atoms with Gasteiger partial charge >= 0.3 is 0 Å². The molecule has 1 aliphatic heterocycles. The average Bonchev–Trinajstić information content (AvgIpc) is 3.59. The fraction of sp³-hybridized carbons (Fsp3) is 0.682. The van der Waals surface area contributed by atoms with Gasteiger partial charge in [-0.25, -0.2) is 0 Å². The normalized spacial score (nSPS) is 18.4. The first-order chi connectivity index (χ1) is 13.3. The van der Waals surface area contributed by atoms with Crippen molar-refractivity contribution < 1.29 is 4.74 Å². The third-order valence-electron chi connectivity index (χ3n) is 5.71. The second kappa shape index (κ2) is 10.7. The summed E-state index contributed by atoms with van der Waals surface area (Å²) in [6.07, 6.45) is 7.70. The van der Waals surface area contributed by atoms with Gasteiger partial charge in [-0.15, -0.1) is 24.0 Å². The molecule has 0 atom stereocenters. The first-order valence-corrected chi connectivity index (χ1v) is 10.8. The predicted molar refractivity (Wildman–Crippen MR) is 126 cm³/mol. The van der Waals surface area contributed by atoms with Crippen LogP contribution in [-0.4, -0.2) is 56.2 Å². The fourth-order valence-corrected chi connectivity index (χ4v) is 3.85. The van der Waals surface area contributed by atoms with Crippen LogP contribution in [0.3, 0.4) is 0 Å². The summed E-state index contributed by atoms with van der Waals surface area (Å²) in [5.74, 6) is 2.98. The van der Waals surface area contributed by atoms with Crippen LogP contribution >= 0.6 is 24.0 Å². The summed E-state index contributed by atoms with van der Waals surface area (Å²) >= 11 is 0. The van der Waals surface area contributed by atoms with E-state index in [1.54, 1.807) is 0 Å². The Bertz CT molecular complexity index is 658. The van der Waals surface area contributed by atoms with Gasteiger partial charge in [0.1, 0.15) is 5.75 Å². The lowest BCUT2D eigenvalue weighted by Crippen LogP contribution is -2.39. The van der Waals surface area contributed by atoms with E-state index in [1.165, 1.54) is 43.4 Å². The monoisotopic (exact) mass is 498 g/mol. The van der Waals surface area contributed by atoms with Gasteiger partial charge in [-0.2, -0.15) is 0 Å². The fourth-order valence-electron chi connectivity index (χ4n) is 3.85. The van der Waals surface area contributed by atoms with Gasteiger partial charge in [-0.05, 0) is 62.1 Å². The maximum Gasteiger partial charge on any atom is 0.191 e. The molecule has 0 bridgehead atoms. The second-order valence-electron chi connectivity index (χ2n) is 8.15. The Hall–Kier alpha value is -1.02. The van der Waals surface area contributed by atoms with Crippen molar-refractivity contribution in [3.63, 3.8) is 0 Å². The van der Waals surface area contributed by atoms with Crippen molar-refractivity contribution in [1.29, 1.82) is 0 Å². The van der Waals surface area contributed by atoms with Crippen LogP contribution in [0, 0.1) is 5.92 Å². The molecule has 28 heavy (non-hydrogen) atoms. The number of hydrogen-bond donors (Lipinski definition) is 2. The Morgan fingerprint density at radius 1 is 1.21 bits per heavy atom. The number of rotatable bonds is 10. The van der Waals surface area contributed by atoms with Crippen molar-refractivity contribution in [2.45, 2.75) is 51.5 Å². The molecule has 0 aromatic heterocycles. The van der Waals surface area contributed by atoms with E-state index in [9.17, 15) is 0 Å². The van der Waals surface area contributed by atoms with Crippen molar-refractivity contribution in [2.24, 2.45) is 10.9 Å². The smallest absolute Gasteiger partial charge is 0.191 e. The molecule has 4 rings (SSSR count). The molecule has 1 aromatic carbocycles. The molecule has 2 saturated carbocycles. The molecule has 1 aromatic rings. The number of hydrogen-bond acceptors (Lipinski definition) is 3. The highest BCUT2D eigenvalue weighted by Gasteiger charge is 2.33. The number of benzene rings is 1. The van der Waals surface area contributed by atoms with Gasteiger partial charge in [0, 0.05) is 38.6 Å². The SMILES string of the molecule is CCNC(=NCCN(CC1CC1)C1CC1)NCCc1ccc2c(c1)CCO2.I. The minimum absolute atomic E-state index is 0. The van der Waals surface area contributed by atoms with Crippen LogP contribution in [-0.2, 0) is 12.8 Å². The summed E-state index contributed by atoms with van der Waals surface area (Å²) in [5.41, 5.74) is 2.72. The highest BCUT2D eigenvalue weighted by Crippen LogP contribution is 2.34. The van der Waals surface area contributed by atoms with Crippen molar-refractivity contribution >= 4 is 29.9 Å². The number of fused-ring (bicyclic) bond motifs is 1. The Labute approximate surface area is 186 Å². The summed E-state index contributed by atoms with van der Waals surface area (Å²) in [4.78, 5) is 7.49. The molecule has 3 aliphatic rings. The number of nitrogens with zero attached hydrogens (tertiary/aromatic N) is 2. The third-order valence-corrected chi connectivity index (χ3v) is 5.71. The van der Waals surface area contributed by atoms with Crippen LogP contribution in [0.1, 0.15) is 43.7 Å². The van der Waals surface area contributed by atoms with E-state index in [-0.39, 0.29) is 24.0 Å². The quantitative estimate of drug-likeness (QED) is 0.296. The topological polar surface area (TPSA) is 48.9 Å². The summed E-state index contributed by atoms with van der Waals surface area (Å²) in [6, 6.07) is 7.43. The molecule has 2 fully saturated rings. The highest BCUT2D eigenvalue weighted by molar-refractivity contribution is 14.0. The maximum atomic E-state index is 5.59. The van der Waals surface area contributed by atoms with Gasteiger partial charge in [0.15, 0.2) is 5.96 Å². The molecule has 0 radical (unpaired) electrons. The standard InChI is InChI=1S/C22H34N4O.HI/c1-2-23-22(25-12-13-26(20-6-7-20)16-18-3-4-18)24-11-9-17-5-8-21-19(15-17)10-14-27-21;/h5,8,15,18,20H,2-4,6-7,9-14,16H2,1H3,(H2,23,24,25);1H. The van der Waals surface area contributed by atoms with Gasteiger partial charge in [0.25, 0.3) is 0 Å². The van der Waals surface area contributed by atoms with Crippen molar-refractivity contribution in [1.82, 2.24) is 15.5 Å². The van der Waals surface area contributed by atoms with Gasteiger partial charge in [-0.3, -0.25) is 9.89 Å². The zero-order chi connectivity index (χ0) is 18.5. The van der Waals surface area contributed by atoms with E-state index in [4.69, 9.17) is 9.73 Å². The Morgan fingerprint density at radius 3 is 2.82 bits per heavy atom. The average molecular weight is 498 g/mol. The first kappa shape index (κ1) is 21.7. The van der Waals surface area contributed by atoms with Crippen molar-refractivity contribution in [3.8, 4) is 5.75 Å². The molecule has 0 amide bonds. The summed E-state index contributed by atoms with van der Waals surface area (Å²) in [7, 11) is 0. The van der Waals surface area contributed by atoms with E-state index in [1.807, 2.05) is 0 Å². The van der Waals surface area contributed by atoms with Gasteiger partial charge in [0.2, 0.25) is 0 Å². The van der Waals surface area contributed by atoms with Crippen LogP contribution in [0.2, 0.25) is 0 Å². The largest absolute Gasteiger partial charge is 0.493 e. The number of guanidine groups is 1. The van der Waals surface area contributed by atoms with Crippen molar-refractivity contribution in [3.05, 3.63) is 29.3 Å². The zero-order valence-corrected chi connectivity index (χ0v) is 19.4. The molecule has 5 nitrogen and oxygen atoms in total. The summed E-state index contributed by atoms with van der Waals surface area (Å²) in [6.45, 7) is 8.04. The van der Waals surface area contributed by atoms with Crippen LogP contribution in [0.25, 0.3) is 0 Å². The van der Waals surface area contributed by atoms with Crippen LogP contribution in [0.4, 0.5) is 0 Å². The first-order valence-electron chi connectivity index (χ1n) is 10.8. The van der Waals surface area contributed by atoms with E-state index < -0.39 is 0 Å². The Balaban J connectivity index is 0.00000225. The van der Waals surface area contributed by atoms with Crippen LogP contribution in [0.5, 0.6) is 5.75 Å². The molecule has 0 unspecified atom stereocenters. The highest BCUT2D eigenvalue weighted by atomic mass is 127. The molecular weight excluding hydrogens is 463 g/mol. The number of ether oxygens (including phenoxy) is 1. The molecule has 2 N–H and O–H groups in total. The zero-order valence-electron chi connectivity index (χ0n) is 17.1. The summed E-state index contributed by atoms with van der Waals surface area (Å²) in [5, 5.41) is 6.88. The number of nitrogens with one attached hydrogen (secondary N) is 2. The minimum Gasteiger partial charge on any atom is -0.493 e. The Morgan fingerprint density at radius 2 is 2.07 bits per heavy atom. The van der Waals surface area contributed by atoms with E-state index in [2.05, 4.69) is 40.7 Å². The molecule has 2 aliphatic carbocycles. The second-order valence-corrected chi connectivity index (χ2v) is 8.15. The van der Waals surface area contributed by atoms with E-state index >= 15 is 0 Å². The number of halogens is 1. The molecule has 0 spiro atoms. The molecule has 0 saturated heterocycles. The maximum absolute atomic E-state index is 5.59. The van der Waals surface area contributed by atoms with Gasteiger partial charge < -0.3 is 15.4 Å².